The molecular formula is C24H34O4S. The zero-order chi connectivity index (χ0) is 21.4. The summed E-state index contributed by atoms with van der Waals surface area (Å²) >= 11 is 5.20. The van der Waals surface area contributed by atoms with Crippen molar-refractivity contribution in [1.29, 1.82) is 0 Å². The quantitative estimate of drug-likeness (QED) is 0.223. The minimum Gasteiger partial charge on any atom is -0.493 e. The molecule has 0 aliphatic carbocycles. The van der Waals surface area contributed by atoms with Gasteiger partial charge >= 0.3 is 5.97 Å². The Labute approximate surface area is 179 Å². The molecule has 0 bridgehead atoms. The Hall–Kier alpha value is -1.88. The summed E-state index contributed by atoms with van der Waals surface area (Å²) in [5, 5.41) is 0.971. The van der Waals surface area contributed by atoms with Gasteiger partial charge in [0.1, 0.15) is 11.3 Å². The van der Waals surface area contributed by atoms with E-state index < -0.39 is 5.41 Å². The Morgan fingerprint density at radius 2 is 1.90 bits per heavy atom. The molecule has 0 N–H and O–H groups in total. The van der Waals surface area contributed by atoms with Gasteiger partial charge in [0.2, 0.25) is 0 Å². The fourth-order valence-corrected chi connectivity index (χ4v) is 3.34. The summed E-state index contributed by atoms with van der Waals surface area (Å²) in [5.74, 6) is 1.27. The van der Waals surface area contributed by atoms with Crippen LogP contribution in [-0.2, 0) is 9.53 Å². The van der Waals surface area contributed by atoms with Crippen molar-refractivity contribution in [2.75, 3.05) is 13.2 Å². The lowest BCUT2D eigenvalue weighted by atomic mass is 9.85. The predicted octanol–water partition coefficient (Wildman–Crippen LogP) is 7.03. The predicted molar refractivity (Wildman–Crippen MR) is 120 cm³/mol. The van der Waals surface area contributed by atoms with E-state index in [1.807, 2.05) is 39.0 Å². The second kappa shape index (κ2) is 10.8. The van der Waals surface area contributed by atoms with Crippen LogP contribution in [-0.4, -0.2) is 19.2 Å². The van der Waals surface area contributed by atoms with Crippen LogP contribution < -0.4 is 4.74 Å². The summed E-state index contributed by atoms with van der Waals surface area (Å²) in [5.41, 5.74) is 1.44. The molecule has 0 spiro atoms. The van der Waals surface area contributed by atoms with Crippen molar-refractivity contribution in [3.8, 4) is 5.75 Å². The summed E-state index contributed by atoms with van der Waals surface area (Å²) in [6.45, 7) is 11.4. The van der Waals surface area contributed by atoms with Crippen molar-refractivity contribution in [2.24, 2.45) is 11.3 Å². The van der Waals surface area contributed by atoms with Crippen LogP contribution >= 0.6 is 12.2 Å². The zero-order valence-corrected chi connectivity index (χ0v) is 19.2. The van der Waals surface area contributed by atoms with Crippen LogP contribution in [0.15, 0.2) is 28.7 Å². The van der Waals surface area contributed by atoms with Gasteiger partial charge in [0.15, 0.2) is 4.71 Å². The number of unbranched alkanes of at least 4 members (excludes halogenated alkanes) is 2. The molecule has 0 unspecified atom stereocenters. The van der Waals surface area contributed by atoms with Crippen LogP contribution in [0.3, 0.4) is 0 Å². The second-order valence-electron chi connectivity index (χ2n) is 8.74. The van der Waals surface area contributed by atoms with Gasteiger partial charge in [-0.15, -0.1) is 0 Å². The Morgan fingerprint density at radius 1 is 1.17 bits per heavy atom. The summed E-state index contributed by atoms with van der Waals surface area (Å²) < 4.78 is 17.5. The molecule has 29 heavy (non-hydrogen) atoms. The zero-order valence-electron chi connectivity index (χ0n) is 18.4. The molecule has 0 saturated heterocycles. The highest BCUT2D eigenvalue weighted by Crippen LogP contribution is 2.30. The SMILES string of the molecule is Cc1cccc2oc(=S)cc(OCCCCCOC(=O)C(C)(C)CCC(C)C)c12. The van der Waals surface area contributed by atoms with Crippen molar-refractivity contribution < 1.29 is 18.7 Å². The van der Waals surface area contributed by atoms with E-state index in [1.165, 1.54) is 0 Å². The molecule has 1 aromatic heterocycles. The summed E-state index contributed by atoms with van der Waals surface area (Å²) in [6.07, 6.45) is 4.56. The Morgan fingerprint density at radius 3 is 2.62 bits per heavy atom. The Bertz CT molecular complexity index is 867. The number of esters is 1. The molecule has 0 aliphatic rings. The first-order chi connectivity index (χ1) is 13.7. The number of hydrogen-bond donors (Lipinski definition) is 0. The van der Waals surface area contributed by atoms with Gasteiger partial charge in [0.25, 0.3) is 0 Å². The lowest BCUT2D eigenvalue weighted by Gasteiger charge is -2.23. The molecule has 5 heteroatoms. The molecule has 0 atom stereocenters. The maximum atomic E-state index is 12.3. The number of benzene rings is 1. The average Bonchev–Trinajstić information content (AvgIpc) is 2.65. The van der Waals surface area contributed by atoms with Crippen molar-refractivity contribution in [3.05, 3.63) is 34.5 Å². The standard InChI is InChI=1S/C24H34O4S/c1-17(2)12-13-24(4,5)23(25)27-15-8-6-7-14-26-20-16-21(29)28-19-11-9-10-18(3)22(19)20/h9-11,16-17H,6-8,12-15H2,1-5H3. The van der Waals surface area contributed by atoms with Crippen LogP contribution in [0.5, 0.6) is 5.75 Å². The maximum Gasteiger partial charge on any atom is 0.311 e. The third-order valence-electron chi connectivity index (χ3n) is 5.12. The number of rotatable bonds is 11. The lowest BCUT2D eigenvalue weighted by molar-refractivity contribution is -0.154. The van der Waals surface area contributed by atoms with E-state index in [4.69, 9.17) is 26.1 Å². The van der Waals surface area contributed by atoms with Crippen LogP contribution in [0.2, 0.25) is 0 Å². The highest BCUT2D eigenvalue weighted by molar-refractivity contribution is 7.71. The normalized spacial score (nSPS) is 11.8. The topological polar surface area (TPSA) is 48.7 Å². The number of ether oxygens (including phenoxy) is 2. The monoisotopic (exact) mass is 418 g/mol. The minimum absolute atomic E-state index is 0.0950. The molecule has 2 aromatic rings. The van der Waals surface area contributed by atoms with Gasteiger partial charge in [-0.05, 0) is 82.6 Å². The van der Waals surface area contributed by atoms with E-state index in [0.29, 0.717) is 23.8 Å². The van der Waals surface area contributed by atoms with Crippen LogP contribution in [0, 0.1) is 23.0 Å². The van der Waals surface area contributed by atoms with Crippen LogP contribution in [0.4, 0.5) is 0 Å². The number of fused-ring (bicyclic) bond motifs is 1. The smallest absolute Gasteiger partial charge is 0.311 e. The van der Waals surface area contributed by atoms with Gasteiger partial charge in [0, 0.05) is 6.07 Å². The van der Waals surface area contributed by atoms with E-state index in [1.54, 1.807) is 6.07 Å². The highest BCUT2D eigenvalue weighted by Gasteiger charge is 2.28. The van der Waals surface area contributed by atoms with Gasteiger partial charge in [-0.25, -0.2) is 0 Å². The highest BCUT2D eigenvalue weighted by atomic mass is 32.1. The molecule has 1 heterocycles. The summed E-state index contributed by atoms with van der Waals surface area (Å²) in [4.78, 5) is 12.3. The molecule has 0 fully saturated rings. The summed E-state index contributed by atoms with van der Waals surface area (Å²) in [6, 6.07) is 7.66. The van der Waals surface area contributed by atoms with Gasteiger partial charge in [-0.2, -0.15) is 0 Å². The number of hydrogen-bond acceptors (Lipinski definition) is 5. The molecule has 1 aromatic carbocycles. The van der Waals surface area contributed by atoms with E-state index >= 15 is 0 Å². The molecule has 0 saturated carbocycles. The van der Waals surface area contributed by atoms with Crippen LogP contribution in [0.25, 0.3) is 11.0 Å². The molecule has 2 rings (SSSR count). The second-order valence-corrected chi connectivity index (χ2v) is 9.14. The lowest BCUT2D eigenvalue weighted by Crippen LogP contribution is -2.27. The van der Waals surface area contributed by atoms with Gasteiger partial charge in [0.05, 0.1) is 24.0 Å². The molecule has 0 aliphatic heterocycles. The van der Waals surface area contributed by atoms with Crippen molar-refractivity contribution in [1.82, 2.24) is 0 Å². The minimum atomic E-state index is -0.410. The van der Waals surface area contributed by atoms with E-state index in [2.05, 4.69) is 13.8 Å². The molecular weight excluding hydrogens is 384 g/mol. The first-order valence-corrected chi connectivity index (χ1v) is 10.9. The molecule has 160 valence electrons. The van der Waals surface area contributed by atoms with Gasteiger partial charge in [-0.3, -0.25) is 4.79 Å². The van der Waals surface area contributed by atoms with Gasteiger partial charge in [-0.1, -0.05) is 26.0 Å². The van der Waals surface area contributed by atoms with Gasteiger partial charge < -0.3 is 13.9 Å². The first-order valence-electron chi connectivity index (χ1n) is 10.5. The third kappa shape index (κ3) is 7.14. The summed E-state index contributed by atoms with van der Waals surface area (Å²) in [7, 11) is 0. The number of carbonyl (C=O) groups is 1. The third-order valence-corrected chi connectivity index (χ3v) is 5.32. The fraction of sp³-hybridized carbons (Fsp3) is 0.583. The van der Waals surface area contributed by atoms with Crippen molar-refractivity contribution in [3.63, 3.8) is 0 Å². The molecule has 0 amide bonds. The largest absolute Gasteiger partial charge is 0.493 e. The van der Waals surface area contributed by atoms with E-state index in [0.717, 1.165) is 54.4 Å². The van der Waals surface area contributed by atoms with Crippen molar-refractivity contribution in [2.45, 2.75) is 66.7 Å². The maximum absolute atomic E-state index is 12.3. The Kier molecular flexibility index (Phi) is 8.69. The average molecular weight is 419 g/mol. The van der Waals surface area contributed by atoms with Crippen molar-refractivity contribution >= 4 is 29.2 Å². The Balaban J connectivity index is 1.73. The fourth-order valence-electron chi connectivity index (χ4n) is 3.15. The first kappa shape index (κ1) is 23.4. The number of aryl methyl sites for hydroxylation is 1. The van der Waals surface area contributed by atoms with Crippen LogP contribution in [0.1, 0.15) is 65.4 Å². The molecule has 4 nitrogen and oxygen atoms in total. The van der Waals surface area contributed by atoms with E-state index in [-0.39, 0.29) is 5.97 Å². The van der Waals surface area contributed by atoms with E-state index in [9.17, 15) is 4.79 Å². The number of carbonyl (C=O) groups excluding carboxylic acids is 1. The molecule has 0 radical (unpaired) electrons.